The largest absolute Gasteiger partial charge is 0.467 e. The van der Waals surface area contributed by atoms with Gasteiger partial charge in [0.2, 0.25) is 5.91 Å². The summed E-state index contributed by atoms with van der Waals surface area (Å²) >= 11 is 0. The molecular formula is C48H48N4O5. The quantitative estimate of drug-likeness (QED) is 0.113. The number of aromatic nitrogens is 2. The number of amides is 2. The van der Waals surface area contributed by atoms with Crippen molar-refractivity contribution < 1.29 is 23.9 Å². The van der Waals surface area contributed by atoms with Crippen LogP contribution in [0.25, 0.3) is 32.9 Å². The number of rotatable bonds is 9. The number of nitrogens with zero attached hydrogens (tertiary/aromatic N) is 2. The lowest BCUT2D eigenvalue weighted by molar-refractivity contribution is -0.151. The second-order valence-electron chi connectivity index (χ2n) is 16.2. The van der Waals surface area contributed by atoms with Crippen LogP contribution in [-0.2, 0) is 42.9 Å². The Morgan fingerprint density at radius 1 is 0.930 bits per heavy atom. The number of H-pyrrole nitrogens is 1. The highest BCUT2D eigenvalue weighted by atomic mass is 16.5. The predicted molar refractivity (Wildman–Crippen MR) is 224 cm³/mol. The van der Waals surface area contributed by atoms with Gasteiger partial charge < -0.3 is 29.2 Å². The molecule has 2 aliphatic rings. The van der Waals surface area contributed by atoms with Gasteiger partial charge >= 0.3 is 12.1 Å². The lowest BCUT2D eigenvalue weighted by atomic mass is 9.83. The zero-order chi connectivity index (χ0) is 40.1. The summed E-state index contributed by atoms with van der Waals surface area (Å²) in [7, 11) is 1.33. The van der Waals surface area contributed by atoms with Gasteiger partial charge in [0.05, 0.1) is 12.6 Å². The van der Waals surface area contributed by atoms with Gasteiger partial charge in [0.15, 0.2) is 0 Å². The molecule has 4 aromatic carbocycles. The number of carbonyl (C=O) groups is 3. The minimum atomic E-state index is -1.12. The fraction of sp³-hybridized carbons (Fsp3) is 0.271. The zero-order valence-corrected chi connectivity index (χ0v) is 33.0. The van der Waals surface area contributed by atoms with Gasteiger partial charge in [-0.1, -0.05) is 111 Å². The molecule has 9 nitrogen and oxygen atoms in total. The van der Waals surface area contributed by atoms with Gasteiger partial charge in [-0.3, -0.25) is 4.79 Å². The molecule has 2 N–H and O–H groups in total. The maximum absolute atomic E-state index is 15.2. The summed E-state index contributed by atoms with van der Waals surface area (Å²) in [5.41, 5.74) is 8.10. The Balaban J connectivity index is 1.16. The number of para-hydroxylation sites is 2. The molecule has 0 radical (unpaired) electrons. The number of esters is 1. The van der Waals surface area contributed by atoms with E-state index in [0.29, 0.717) is 0 Å². The van der Waals surface area contributed by atoms with Crippen molar-refractivity contribution in [3.05, 3.63) is 156 Å². The summed E-state index contributed by atoms with van der Waals surface area (Å²) in [5.74, 6) is -1.19. The molecule has 0 bridgehead atoms. The molecule has 8 rings (SSSR count). The van der Waals surface area contributed by atoms with Crippen molar-refractivity contribution in [3.8, 4) is 11.1 Å². The van der Waals surface area contributed by atoms with Crippen LogP contribution in [0.2, 0.25) is 0 Å². The van der Waals surface area contributed by atoms with E-state index >= 15 is 4.79 Å². The van der Waals surface area contributed by atoms with Crippen LogP contribution in [0.1, 0.15) is 61.6 Å². The fourth-order valence-corrected chi connectivity index (χ4v) is 8.64. The topological polar surface area (TPSA) is 106 Å². The van der Waals surface area contributed by atoms with Crippen LogP contribution in [0.4, 0.5) is 4.79 Å². The normalized spacial score (nSPS) is 17.1. The third-order valence-electron chi connectivity index (χ3n) is 11.8. The van der Waals surface area contributed by atoms with Gasteiger partial charge in [-0.05, 0) is 59.4 Å². The van der Waals surface area contributed by atoms with Crippen molar-refractivity contribution in [2.75, 3.05) is 13.7 Å². The second-order valence-corrected chi connectivity index (χ2v) is 16.2. The van der Waals surface area contributed by atoms with Crippen LogP contribution in [0, 0.1) is 0 Å². The number of hydrogen-bond acceptors (Lipinski definition) is 5. The number of benzene rings is 4. The second kappa shape index (κ2) is 14.6. The molecule has 0 saturated carbocycles. The molecule has 57 heavy (non-hydrogen) atoms. The van der Waals surface area contributed by atoms with Crippen molar-refractivity contribution in [1.29, 1.82) is 0 Å². The standard InChI is InChI=1S/C48H48N4O5/c1-7-48(4,5)52-28-30(31-16-13-15-23-41(31)52)26-40(50-46(55)57-29-38-34-19-10-8-17-32(34)33-18-9-11-20-35(33)38)44(53)51-25-24-47(2,3)43-37(27-42(51)45(54)56-6)36-21-12-14-22-39(36)49-43/h7-25,28,38,40,42,49H,1,26-27,29H2,2-6H3,(H,50,55)/b25-24-/t40-,42-/m0/s1. The minimum Gasteiger partial charge on any atom is -0.467 e. The first-order valence-electron chi connectivity index (χ1n) is 19.5. The lowest BCUT2D eigenvalue weighted by Gasteiger charge is -2.34. The van der Waals surface area contributed by atoms with E-state index in [0.717, 1.165) is 60.9 Å². The summed E-state index contributed by atoms with van der Waals surface area (Å²) in [6, 6.07) is 30.1. The zero-order valence-electron chi connectivity index (χ0n) is 33.0. The number of ether oxygens (including phenoxy) is 2. The summed E-state index contributed by atoms with van der Waals surface area (Å²) in [5, 5.41) is 4.88. The first-order valence-corrected chi connectivity index (χ1v) is 19.5. The number of aromatic amines is 1. The predicted octanol–water partition coefficient (Wildman–Crippen LogP) is 8.91. The van der Waals surface area contributed by atoms with Crippen LogP contribution in [0.3, 0.4) is 0 Å². The third kappa shape index (κ3) is 6.71. The van der Waals surface area contributed by atoms with Gasteiger partial charge in [0, 0.05) is 64.1 Å². The number of alkyl carbamates (subject to hydrolysis) is 1. The first kappa shape index (κ1) is 37.6. The van der Waals surface area contributed by atoms with Gasteiger partial charge in [-0.15, -0.1) is 6.58 Å². The van der Waals surface area contributed by atoms with Gasteiger partial charge in [-0.25, -0.2) is 9.59 Å². The van der Waals surface area contributed by atoms with E-state index in [-0.39, 0.29) is 25.4 Å². The van der Waals surface area contributed by atoms with E-state index in [4.69, 9.17) is 9.47 Å². The molecule has 2 atom stereocenters. The monoisotopic (exact) mass is 760 g/mol. The lowest BCUT2D eigenvalue weighted by Crippen LogP contribution is -2.54. The van der Waals surface area contributed by atoms with Gasteiger partial charge in [0.1, 0.15) is 18.7 Å². The Labute approximate surface area is 333 Å². The molecule has 2 aromatic heterocycles. The van der Waals surface area contributed by atoms with Gasteiger partial charge in [0.25, 0.3) is 0 Å². The Morgan fingerprint density at radius 3 is 2.25 bits per heavy atom. The van der Waals surface area contributed by atoms with Gasteiger partial charge in [-0.2, -0.15) is 0 Å². The molecule has 2 amide bonds. The Morgan fingerprint density at radius 2 is 1.56 bits per heavy atom. The average molecular weight is 761 g/mol. The molecule has 0 fully saturated rings. The van der Waals surface area contributed by atoms with E-state index in [1.807, 2.05) is 91.1 Å². The maximum atomic E-state index is 15.2. The maximum Gasteiger partial charge on any atom is 0.407 e. The Bertz CT molecular complexity index is 2530. The van der Waals surface area contributed by atoms with Crippen LogP contribution in [0.15, 0.2) is 128 Å². The number of methoxy groups -OCH3 is 1. The van der Waals surface area contributed by atoms with Crippen molar-refractivity contribution in [2.45, 2.75) is 69.5 Å². The van der Waals surface area contributed by atoms with Crippen molar-refractivity contribution in [1.82, 2.24) is 19.8 Å². The molecule has 0 spiro atoms. The summed E-state index contributed by atoms with van der Waals surface area (Å²) in [6.45, 7) is 12.4. The van der Waals surface area contributed by atoms with E-state index in [1.54, 1.807) is 6.20 Å². The Kier molecular flexibility index (Phi) is 9.64. The van der Waals surface area contributed by atoms with Crippen molar-refractivity contribution >= 4 is 39.8 Å². The smallest absolute Gasteiger partial charge is 0.407 e. The highest BCUT2D eigenvalue weighted by molar-refractivity contribution is 5.93. The molecule has 3 heterocycles. The minimum absolute atomic E-state index is 0.0829. The SMILES string of the molecule is C=CC(C)(C)n1cc(C[C@H](NC(=O)OCC2c3ccccc3-c3ccccc32)C(=O)N2/C=C\C(C)(C)c3[nH]c4ccccc4c3C[C@H]2C(=O)OC)c2ccccc21. The average Bonchev–Trinajstić information content (AvgIpc) is 3.89. The highest BCUT2D eigenvalue weighted by Crippen LogP contribution is 2.44. The summed E-state index contributed by atoms with van der Waals surface area (Å²) < 4.78 is 13.5. The number of nitrogens with one attached hydrogen (secondary N) is 2. The molecule has 9 heteroatoms. The van der Waals surface area contributed by atoms with Crippen molar-refractivity contribution in [3.63, 3.8) is 0 Å². The number of allylic oxidation sites excluding steroid dienone is 2. The van der Waals surface area contributed by atoms with E-state index in [1.165, 1.54) is 12.0 Å². The molecule has 1 aliphatic heterocycles. The highest BCUT2D eigenvalue weighted by Gasteiger charge is 2.40. The molecule has 0 unspecified atom stereocenters. The molecular weight excluding hydrogens is 713 g/mol. The number of carbonyl (C=O) groups excluding carboxylic acids is 3. The summed E-state index contributed by atoms with van der Waals surface area (Å²) in [6.07, 6.45) is 7.11. The Hall–Kier alpha value is -6.35. The van der Waals surface area contributed by atoms with Crippen molar-refractivity contribution in [2.24, 2.45) is 0 Å². The number of fused-ring (bicyclic) bond motifs is 7. The molecule has 290 valence electrons. The molecule has 0 saturated heterocycles. The van der Waals surface area contributed by atoms with Crippen LogP contribution < -0.4 is 5.32 Å². The fourth-order valence-electron chi connectivity index (χ4n) is 8.64. The van der Waals surface area contributed by atoms with E-state index < -0.39 is 41.0 Å². The van der Waals surface area contributed by atoms with Crippen LogP contribution >= 0.6 is 0 Å². The van der Waals surface area contributed by atoms with E-state index in [9.17, 15) is 9.59 Å². The van der Waals surface area contributed by atoms with Crippen LogP contribution in [0.5, 0.6) is 0 Å². The van der Waals surface area contributed by atoms with E-state index in [2.05, 4.69) is 73.4 Å². The first-order chi connectivity index (χ1) is 27.4. The molecule has 6 aromatic rings. The third-order valence-corrected chi connectivity index (χ3v) is 11.8. The summed E-state index contributed by atoms with van der Waals surface area (Å²) in [4.78, 5) is 48.0. The number of hydrogen-bond donors (Lipinski definition) is 2. The van der Waals surface area contributed by atoms with Crippen LogP contribution in [-0.4, -0.2) is 58.2 Å². The molecule has 1 aliphatic carbocycles.